The smallest absolute Gasteiger partial charge is 0.305 e. The lowest BCUT2D eigenvalue weighted by molar-refractivity contribution is -0.137. The highest BCUT2D eigenvalue weighted by Crippen LogP contribution is 2.19. The SMILES string of the molecule is Cc1ccccc1-n1ncc(C(=O)N(CCC(=O)O)C(C)C)c1C. The molecular weight excluding hydrogens is 306 g/mol. The van der Waals surface area contributed by atoms with Gasteiger partial charge in [0.25, 0.3) is 5.91 Å². The van der Waals surface area contributed by atoms with Gasteiger partial charge in [-0.3, -0.25) is 9.59 Å². The first-order valence-electron chi connectivity index (χ1n) is 7.96. The molecule has 0 aliphatic heterocycles. The van der Waals surface area contributed by atoms with Gasteiger partial charge in [-0.2, -0.15) is 5.10 Å². The molecule has 0 bridgehead atoms. The van der Waals surface area contributed by atoms with Crippen molar-refractivity contribution in [2.45, 2.75) is 40.2 Å². The first-order valence-corrected chi connectivity index (χ1v) is 7.96. The fourth-order valence-electron chi connectivity index (χ4n) is 2.63. The summed E-state index contributed by atoms with van der Waals surface area (Å²) in [5.74, 6) is -1.11. The molecule has 2 rings (SSSR count). The molecule has 1 aromatic heterocycles. The summed E-state index contributed by atoms with van der Waals surface area (Å²) in [6.07, 6.45) is 1.48. The molecule has 0 aliphatic carbocycles. The van der Waals surface area contributed by atoms with Crippen molar-refractivity contribution in [1.82, 2.24) is 14.7 Å². The van der Waals surface area contributed by atoms with Crippen LogP contribution in [0.1, 0.15) is 41.9 Å². The molecule has 0 aliphatic rings. The Morgan fingerprint density at radius 3 is 2.50 bits per heavy atom. The summed E-state index contributed by atoms with van der Waals surface area (Å²) in [7, 11) is 0. The summed E-state index contributed by atoms with van der Waals surface area (Å²) in [5.41, 5.74) is 3.23. The average Bonchev–Trinajstić information content (AvgIpc) is 2.88. The van der Waals surface area contributed by atoms with Gasteiger partial charge in [0.15, 0.2) is 0 Å². The van der Waals surface area contributed by atoms with Crippen LogP contribution in [0.25, 0.3) is 5.69 Å². The second-order valence-corrected chi connectivity index (χ2v) is 6.08. The van der Waals surface area contributed by atoms with Gasteiger partial charge in [0.05, 0.1) is 29.6 Å². The molecule has 0 saturated heterocycles. The van der Waals surface area contributed by atoms with E-state index in [1.807, 2.05) is 52.0 Å². The number of amides is 1. The lowest BCUT2D eigenvalue weighted by Gasteiger charge is -2.26. The third-order valence-electron chi connectivity index (χ3n) is 4.03. The molecule has 0 fully saturated rings. The Kier molecular flexibility index (Phi) is 5.39. The molecule has 1 heterocycles. The minimum atomic E-state index is -0.916. The Bertz CT molecular complexity index is 750. The second-order valence-electron chi connectivity index (χ2n) is 6.08. The van der Waals surface area contributed by atoms with Crippen LogP contribution in [0.2, 0.25) is 0 Å². The van der Waals surface area contributed by atoms with Gasteiger partial charge in [-0.05, 0) is 39.3 Å². The van der Waals surface area contributed by atoms with E-state index < -0.39 is 5.97 Å². The maximum absolute atomic E-state index is 12.8. The van der Waals surface area contributed by atoms with E-state index in [1.165, 1.54) is 0 Å². The summed E-state index contributed by atoms with van der Waals surface area (Å²) in [6.45, 7) is 7.77. The van der Waals surface area contributed by atoms with Crippen molar-refractivity contribution in [2.75, 3.05) is 6.54 Å². The minimum Gasteiger partial charge on any atom is -0.481 e. The Hall–Kier alpha value is -2.63. The minimum absolute atomic E-state index is 0.0745. The molecule has 2 aromatic rings. The predicted octanol–water partition coefficient (Wildman–Crippen LogP) is 2.81. The molecule has 128 valence electrons. The van der Waals surface area contributed by atoms with Crippen LogP contribution in [-0.2, 0) is 4.79 Å². The number of rotatable bonds is 6. The van der Waals surface area contributed by atoms with Crippen molar-refractivity contribution in [2.24, 2.45) is 0 Å². The molecular formula is C18H23N3O3. The Morgan fingerprint density at radius 2 is 1.92 bits per heavy atom. The van der Waals surface area contributed by atoms with Crippen LogP contribution >= 0.6 is 0 Å². The fourth-order valence-corrected chi connectivity index (χ4v) is 2.63. The number of aromatic nitrogens is 2. The summed E-state index contributed by atoms with van der Waals surface area (Å²) in [6, 6.07) is 7.74. The lowest BCUT2D eigenvalue weighted by atomic mass is 10.1. The number of aryl methyl sites for hydroxylation is 1. The van der Waals surface area contributed by atoms with Gasteiger partial charge in [0.1, 0.15) is 0 Å². The summed E-state index contributed by atoms with van der Waals surface area (Å²) in [5, 5.41) is 13.2. The number of carboxylic acids is 1. The molecule has 6 heteroatoms. The Balaban J connectivity index is 2.33. The number of carbonyl (C=O) groups excluding carboxylic acids is 1. The Morgan fingerprint density at radius 1 is 1.25 bits per heavy atom. The van der Waals surface area contributed by atoms with Crippen LogP contribution in [0.3, 0.4) is 0 Å². The number of carboxylic acid groups (broad SMARTS) is 1. The van der Waals surface area contributed by atoms with E-state index in [2.05, 4.69) is 5.10 Å². The number of hydrogen-bond donors (Lipinski definition) is 1. The molecule has 0 atom stereocenters. The molecule has 6 nitrogen and oxygen atoms in total. The van der Waals surface area contributed by atoms with Crippen LogP contribution in [0, 0.1) is 13.8 Å². The standard InChI is InChI=1S/C18H23N3O3/c1-12(2)20(10-9-17(22)23)18(24)15-11-19-21(14(15)4)16-8-6-5-7-13(16)3/h5-8,11-12H,9-10H2,1-4H3,(H,22,23). The van der Waals surface area contributed by atoms with E-state index in [1.54, 1.807) is 15.8 Å². The van der Waals surface area contributed by atoms with E-state index in [0.29, 0.717) is 5.56 Å². The van der Waals surface area contributed by atoms with E-state index in [-0.39, 0.29) is 24.9 Å². The molecule has 1 aromatic carbocycles. The fraction of sp³-hybridized carbons (Fsp3) is 0.389. The van der Waals surface area contributed by atoms with Crippen LogP contribution in [-0.4, -0.2) is 44.3 Å². The number of nitrogens with zero attached hydrogens (tertiary/aromatic N) is 3. The molecule has 1 N–H and O–H groups in total. The van der Waals surface area contributed by atoms with Gasteiger partial charge in [-0.15, -0.1) is 0 Å². The highest BCUT2D eigenvalue weighted by atomic mass is 16.4. The molecule has 0 unspecified atom stereocenters. The Labute approximate surface area is 141 Å². The van der Waals surface area contributed by atoms with Crippen LogP contribution in [0.4, 0.5) is 0 Å². The van der Waals surface area contributed by atoms with Crippen molar-refractivity contribution in [3.8, 4) is 5.69 Å². The molecule has 0 radical (unpaired) electrons. The summed E-state index contributed by atoms with van der Waals surface area (Å²) < 4.78 is 1.75. The van der Waals surface area contributed by atoms with Crippen molar-refractivity contribution in [3.05, 3.63) is 47.3 Å². The number of benzene rings is 1. The lowest BCUT2D eigenvalue weighted by Crippen LogP contribution is -2.38. The highest BCUT2D eigenvalue weighted by molar-refractivity contribution is 5.95. The van der Waals surface area contributed by atoms with E-state index in [9.17, 15) is 9.59 Å². The number of aliphatic carboxylic acids is 1. The van der Waals surface area contributed by atoms with Gasteiger partial charge in [0.2, 0.25) is 0 Å². The normalized spacial score (nSPS) is 10.9. The zero-order valence-corrected chi connectivity index (χ0v) is 14.5. The summed E-state index contributed by atoms with van der Waals surface area (Å²) in [4.78, 5) is 25.2. The first kappa shape index (κ1) is 17.7. The first-order chi connectivity index (χ1) is 11.3. The van der Waals surface area contributed by atoms with Crippen LogP contribution in [0.15, 0.2) is 30.5 Å². The van der Waals surface area contributed by atoms with E-state index in [0.717, 1.165) is 16.9 Å². The molecule has 24 heavy (non-hydrogen) atoms. The monoisotopic (exact) mass is 329 g/mol. The van der Waals surface area contributed by atoms with Gasteiger partial charge >= 0.3 is 5.97 Å². The number of hydrogen-bond acceptors (Lipinski definition) is 3. The van der Waals surface area contributed by atoms with Gasteiger partial charge < -0.3 is 10.0 Å². The van der Waals surface area contributed by atoms with Crippen LogP contribution in [0.5, 0.6) is 0 Å². The quantitative estimate of drug-likeness (QED) is 0.884. The molecule has 1 amide bonds. The van der Waals surface area contributed by atoms with E-state index >= 15 is 0 Å². The maximum atomic E-state index is 12.8. The van der Waals surface area contributed by atoms with Crippen LogP contribution < -0.4 is 0 Å². The van der Waals surface area contributed by atoms with Crippen molar-refractivity contribution in [3.63, 3.8) is 0 Å². The predicted molar refractivity (Wildman–Crippen MR) is 91.5 cm³/mol. The highest BCUT2D eigenvalue weighted by Gasteiger charge is 2.24. The summed E-state index contributed by atoms with van der Waals surface area (Å²) >= 11 is 0. The topological polar surface area (TPSA) is 75.4 Å². The van der Waals surface area contributed by atoms with Gasteiger partial charge in [0, 0.05) is 12.6 Å². The maximum Gasteiger partial charge on any atom is 0.305 e. The van der Waals surface area contributed by atoms with Crippen molar-refractivity contribution >= 4 is 11.9 Å². The zero-order valence-electron chi connectivity index (χ0n) is 14.5. The number of carbonyl (C=O) groups is 2. The van der Waals surface area contributed by atoms with E-state index in [4.69, 9.17) is 5.11 Å². The molecule has 0 spiro atoms. The van der Waals surface area contributed by atoms with Gasteiger partial charge in [-0.1, -0.05) is 18.2 Å². The third-order valence-corrected chi connectivity index (χ3v) is 4.03. The average molecular weight is 329 g/mol. The zero-order chi connectivity index (χ0) is 17.9. The van der Waals surface area contributed by atoms with Gasteiger partial charge in [-0.25, -0.2) is 4.68 Å². The second kappa shape index (κ2) is 7.29. The molecule has 0 saturated carbocycles. The van der Waals surface area contributed by atoms with Crippen molar-refractivity contribution < 1.29 is 14.7 Å². The number of para-hydroxylation sites is 1. The van der Waals surface area contributed by atoms with Crippen molar-refractivity contribution in [1.29, 1.82) is 0 Å². The largest absolute Gasteiger partial charge is 0.481 e. The third kappa shape index (κ3) is 3.64.